The van der Waals surface area contributed by atoms with E-state index in [1.807, 2.05) is 12.1 Å². The maximum absolute atomic E-state index is 11.2. The fraction of sp³-hybridized carbons (Fsp3) is 0.385. The van der Waals surface area contributed by atoms with Crippen LogP contribution in [0.2, 0.25) is 0 Å². The molecule has 0 heterocycles. The van der Waals surface area contributed by atoms with Crippen molar-refractivity contribution in [2.75, 3.05) is 7.11 Å². The van der Waals surface area contributed by atoms with Crippen molar-refractivity contribution < 1.29 is 14.6 Å². The topological polar surface area (TPSA) is 70.3 Å². The molecule has 1 aromatic rings. The van der Waals surface area contributed by atoms with Crippen molar-refractivity contribution in [2.24, 2.45) is 0 Å². The number of hydrogen-bond donors (Lipinski definition) is 1. The van der Waals surface area contributed by atoms with E-state index in [4.69, 9.17) is 15.1 Å². The molecule has 4 heteroatoms. The highest BCUT2D eigenvalue weighted by Gasteiger charge is 2.55. The molecule has 1 aliphatic rings. The van der Waals surface area contributed by atoms with Gasteiger partial charge in [0, 0.05) is 12.5 Å². The largest absolute Gasteiger partial charge is 0.479 e. The molecule has 88 valence electrons. The van der Waals surface area contributed by atoms with Crippen LogP contribution in [-0.2, 0) is 14.9 Å². The molecule has 0 aromatic heterocycles. The Morgan fingerprint density at radius 1 is 1.53 bits per heavy atom. The van der Waals surface area contributed by atoms with Gasteiger partial charge < -0.3 is 9.84 Å². The van der Waals surface area contributed by atoms with Gasteiger partial charge in [0.25, 0.3) is 0 Å². The molecule has 0 amide bonds. The van der Waals surface area contributed by atoms with E-state index in [1.165, 1.54) is 7.11 Å². The predicted octanol–water partition coefficient (Wildman–Crippen LogP) is 1.69. The molecule has 1 unspecified atom stereocenters. The third kappa shape index (κ3) is 1.79. The molecule has 0 radical (unpaired) electrons. The number of ether oxygens (including phenoxy) is 1. The lowest BCUT2D eigenvalue weighted by molar-refractivity contribution is -0.150. The minimum Gasteiger partial charge on any atom is -0.479 e. The number of aliphatic carboxylic acids is 1. The van der Waals surface area contributed by atoms with E-state index in [0.717, 1.165) is 18.4 Å². The summed E-state index contributed by atoms with van der Waals surface area (Å²) in [4.78, 5) is 11.2. The fourth-order valence-corrected chi connectivity index (χ4v) is 2.38. The van der Waals surface area contributed by atoms with E-state index in [2.05, 4.69) is 6.07 Å². The Labute approximate surface area is 99.4 Å². The SMILES string of the molecule is COC(C(=O)O)C1(c2ccccc2C#N)CC1. The first-order chi connectivity index (χ1) is 8.15. The minimum absolute atomic E-state index is 0.521. The molecule has 1 aliphatic carbocycles. The first-order valence-corrected chi connectivity index (χ1v) is 5.41. The normalized spacial score (nSPS) is 18.1. The van der Waals surface area contributed by atoms with E-state index >= 15 is 0 Å². The summed E-state index contributed by atoms with van der Waals surface area (Å²) in [6.07, 6.45) is 0.615. The Morgan fingerprint density at radius 3 is 2.65 bits per heavy atom. The van der Waals surface area contributed by atoms with Crippen LogP contribution in [0, 0.1) is 11.3 Å². The Kier molecular flexibility index (Phi) is 2.86. The van der Waals surface area contributed by atoms with Crippen molar-refractivity contribution in [3.8, 4) is 6.07 Å². The lowest BCUT2D eigenvalue weighted by atomic mass is 9.86. The summed E-state index contributed by atoms with van der Waals surface area (Å²) in [5.74, 6) is -0.974. The lowest BCUT2D eigenvalue weighted by Crippen LogP contribution is -2.36. The highest BCUT2D eigenvalue weighted by Crippen LogP contribution is 2.52. The highest BCUT2D eigenvalue weighted by molar-refractivity contribution is 5.76. The quantitative estimate of drug-likeness (QED) is 0.856. The van der Waals surface area contributed by atoms with Gasteiger partial charge in [0.15, 0.2) is 6.10 Å². The van der Waals surface area contributed by atoms with Crippen molar-refractivity contribution in [1.82, 2.24) is 0 Å². The first-order valence-electron chi connectivity index (χ1n) is 5.41. The molecule has 0 saturated heterocycles. The number of carbonyl (C=O) groups is 1. The number of rotatable bonds is 4. The standard InChI is InChI=1S/C13H13NO3/c1-17-11(12(15)16)13(6-7-13)10-5-3-2-4-9(10)8-14/h2-5,11H,6-7H2,1H3,(H,15,16). The number of nitrogens with zero attached hydrogens (tertiary/aromatic N) is 1. The second kappa shape index (κ2) is 4.19. The third-order valence-corrected chi connectivity index (χ3v) is 3.33. The van der Waals surface area contributed by atoms with Crippen LogP contribution in [0.15, 0.2) is 24.3 Å². The van der Waals surface area contributed by atoms with Crippen LogP contribution in [0.4, 0.5) is 0 Å². The molecule has 1 N–H and O–H groups in total. The van der Waals surface area contributed by atoms with E-state index in [-0.39, 0.29) is 0 Å². The molecule has 1 saturated carbocycles. The maximum atomic E-state index is 11.2. The molecule has 1 aromatic carbocycles. The van der Waals surface area contributed by atoms with Gasteiger partial charge in [-0.05, 0) is 24.5 Å². The molecule has 0 spiro atoms. The summed E-state index contributed by atoms with van der Waals surface area (Å²) in [6, 6.07) is 9.25. The number of hydrogen-bond acceptors (Lipinski definition) is 3. The van der Waals surface area contributed by atoms with Crippen molar-refractivity contribution in [3.63, 3.8) is 0 Å². The summed E-state index contributed by atoms with van der Waals surface area (Å²) in [6.45, 7) is 0. The number of benzene rings is 1. The third-order valence-electron chi connectivity index (χ3n) is 3.33. The van der Waals surface area contributed by atoms with E-state index < -0.39 is 17.5 Å². The summed E-state index contributed by atoms with van der Waals surface area (Å²) in [7, 11) is 1.40. The molecular weight excluding hydrogens is 218 g/mol. The zero-order valence-corrected chi connectivity index (χ0v) is 9.51. The van der Waals surface area contributed by atoms with E-state index in [0.29, 0.717) is 5.56 Å². The van der Waals surface area contributed by atoms with Crippen molar-refractivity contribution in [2.45, 2.75) is 24.4 Å². The minimum atomic E-state index is -0.974. The van der Waals surface area contributed by atoms with Gasteiger partial charge >= 0.3 is 5.97 Å². The van der Waals surface area contributed by atoms with Crippen molar-refractivity contribution in [3.05, 3.63) is 35.4 Å². The maximum Gasteiger partial charge on any atom is 0.333 e. The summed E-state index contributed by atoms with van der Waals surface area (Å²) in [5.41, 5.74) is 0.803. The zero-order chi connectivity index (χ0) is 12.5. The van der Waals surface area contributed by atoms with Gasteiger partial charge in [0.2, 0.25) is 0 Å². The number of methoxy groups -OCH3 is 1. The zero-order valence-electron chi connectivity index (χ0n) is 9.51. The van der Waals surface area contributed by atoms with Crippen molar-refractivity contribution >= 4 is 5.97 Å². The second-order valence-electron chi connectivity index (χ2n) is 4.27. The van der Waals surface area contributed by atoms with Gasteiger partial charge in [0.05, 0.1) is 11.6 Å². The number of nitriles is 1. The van der Waals surface area contributed by atoms with Crippen LogP contribution in [0.1, 0.15) is 24.0 Å². The fourth-order valence-electron chi connectivity index (χ4n) is 2.38. The number of carboxylic acids is 1. The van der Waals surface area contributed by atoms with Crippen LogP contribution >= 0.6 is 0 Å². The van der Waals surface area contributed by atoms with Gasteiger partial charge in [0.1, 0.15) is 0 Å². The van der Waals surface area contributed by atoms with Gasteiger partial charge in [-0.15, -0.1) is 0 Å². The van der Waals surface area contributed by atoms with E-state index in [9.17, 15) is 4.79 Å². The van der Waals surface area contributed by atoms with Gasteiger partial charge in [-0.25, -0.2) is 4.79 Å². The molecular formula is C13H13NO3. The molecule has 0 aliphatic heterocycles. The first kappa shape index (κ1) is 11.6. The molecule has 2 rings (SSSR count). The predicted molar refractivity (Wildman–Crippen MR) is 60.5 cm³/mol. The molecule has 4 nitrogen and oxygen atoms in total. The van der Waals surface area contributed by atoms with Crippen LogP contribution in [0.3, 0.4) is 0 Å². The van der Waals surface area contributed by atoms with Gasteiger partial charge in [-0.2, -0.15) is 5.26 Å². The molecule has 17 heavy (non-hydrogen) atoms. The van der Waals surface area contributed by atoms with Gasteiger partial charge in [-0.3, -0.25) is 0 Å². The summed E-state index contributed by atoms with van der Waals surface area (Å²) in [5, 5.41) is 18.2. The van der Waals surface area contributed by atoms with Crippen LogP contribution in [0.25, 0.3) is 0 Å². The molecule has 0 bridgehead atoms. The smallest absolute Gasteiger partial charge is 0.333 e. The average molecular weight is 231 g/mol. The summed E-state index contributed by atoms with van der Waals surface area (Å²) < 4.78 is 5.08. The molecule has 1 atom stereocenters. The van der Waals surface area contributed by atoms with Gasteiger partial charge in [-0.1, -0.05) is 18.2 Å². The number of carboxylic acid groups (broad SMARTS) is 1. The average Bonchev–Trinajstić information content (AvgIpc) is 3.11. The highest BCUT2D eigenvalue weighted by atomic mass is 16.5. The van der Waals surface area contributed by atoms with Crippen molar-refractivity contribution in [1.29, 1.82) is 5.26 Å². The summed E-state index contributed by atoms with van der Waals surface area (Å²) >= 11 is 0. The Hall–Kier alpha value is -1.86. The van der Waals surface area contributed by atoms with Crippen LogP contribution in [0.5, 0.6) is 0 Å². The van der Waals surface area contributed by atoms with Crippen LogP contribution in [-0.4, -0.2) is 24.3 Å². The van der Waals surface area contributed by atoms with Crippen LogP contribution < -0.4 is 0 Å². The lowest BCUT2D eigenvalue weighted by Gasteiger charge is -2.23. The Bertz CT molecular complexity index is 486. The molecule has 1 fully saturated rings. The monoisotopic (exact) mass is 231 g/mol. The van der Waals surface area contributed by atoms with E-state index in [1.54, 1.807) is 12.1 Å². The Morgan fingerprint density at radius 2 is 2.18 bits per heavy atom. The second-order valence-corrected chi connectivity index (χ2v) is 4.27. The Balaban J connectivity index is 2.46.